The summed E-state index contributed by atoms with van der Waals surface area (Å²) in [5, 5.41) is 9.20. The van der Waals surface area contributed by atoms with E-state index in [0.29, 0.717) is 19.8 Å². The number of aliphatic hydroxyl groups is 1. The highest BCUT2D eigenvalue weighted by Crippen LogP contribution is 2.23. The number of nitrogens with zero attached hydrogens (tertiary/aromatic N) is 1. The monoisotopic (exact) mass is 319 g/mol. The zero-order valence-corrected chi connectivity index (χ0v) is 13.5. The molecule has 22 heavy (non-hydrogen) atoms. The van der Waals surface area contributed by atoms with Gasteiger partial charge in [0.05, 0.1) is 25.5 Å². The second-order valence-corrected chi connectivity index (χ2v) is 5.80. The number of pyridine rings is 1. The molecule has 0 saturated carbocycles. The number of thioether (sulfide) groups is 1. The Kier molecular flexibility index (Phi) is 7.22. The molecule has 0 radical (unpaired) electrons. The van der Waals surface area contributed by atoms with Gasteiger partial charge in [0.1, 0.15) is 12.4 Å². The number of hydrogen-bond donors (Lipinski definition) is 1. The fourth-order valence-corrected chi connectivity index (χ4v) is 2.84. The highest BCUT2D eigenvalue weighted by molar-refractivity contribution is 7.99. The second-order valence-electron chi connectivity index (χ2n) is 4.66. The Balaban J connectivity index is 1.60. The highest BCUT2D eigenvalue weighted by atomic mass is 32.2. The van der Waals surface area contributed by atoms with Gasteiger partial charge in [-0.15, -0.1) is 11.8 Å². The van der Waals surface area contributed by atoms with E-state index < -0.39 is 0 Å². The molecule has 2 rings (SSSR count). The molecule has 0 bridgehead atoms. The van der Waals surface area contributed by atoms with Gasteiger partial charge in [0.15, 0.2) is 0 Å². The fraction of sp³-hybridized carbons (Fsp3) is 0.353. The van der Waals surface area contributed by atoms with E-state index in [2.05, 4.69) is 4.98 Å². The molecule has 0 fully saturated rings. The normalized spacial score (nSPS) is 10.6. The number of aliphatic hydroxyl groups excluding tert-OH is 1. The molecule has 0 aliphatic rings. The van der Waals surface area contributed by atoms with E-state index in [1.807, 2.05) is 43.3 Å². The van der Waals surface area contributed by atoms with Crippen LogP contribution in [0.2, 0.25) is 0 Å². The Bertz CT molecular complexity index is 563. The number of ether oxygens (including phenoxy) is 2. The summed E-state index contributed by atoms with van der Waals surface area (Å²) in [5.74, 6) is 1.73. The van der Waals surface area contributed by atoms with Crippen LogP contribution in [0.5, 0.6) is 5.75 Å². The van der Waals surface area contributed by atoms with E-state index in [-0.39, 0.29) is 6.61 Å². The Morgan fingerprint density at radius 3 is 2.68 bits per heavy atom. The summed E-state index contributed by atoms with van der Waals surface area (Å²) in [6.45, 7) is 3.76. The standard InChI is InChI=1S/C17H21NO3S/c1-14-16(13-19)18-8-7-17(14)22-12-11-20-9-10-21-15-5-3-2-4-6-15/h2-8,19H,9-13H2,1H3. The molecule has 118 valence electrons. The van der Waals surface area contributed by atoms with Crippen molar-refractivity contribution in [3.05, 3.63) is 53.9 Å². The van der Waals surface area contributed by atoms with E-state index in [1.54, 1.807) is 18.0 Å². The molecular formula is C17H21NO3S. The average Bonchev–Trinajstić information content (AvgIpc) is 2.56. The lowest BCUT2D eigenvalue weighted by molar-refractivity contribution is 0.112. The zero-order valence-electron chi connectivity index (χ0n) is 12.7. The van der Waals surface area contributed by atoms with E-state index in [0.717, 1.165) is 27.7 Å². The van der Waals surface area contributed by atoms with Gasteiger partial charge in [0, 0.05) is 16.8 Å². The van der Waals surface area contributed by atoms with E-state index in [4.69, 9.17) is 9.47 Å². The summed E-state index contributed by atoms with van der Waals surface area (Å²) < 4.78 is 11.1. The summed E-state index contributed by atoms with van der Waals surface area (Å²) >= 11 is 1.71. The minimum atomic E-state index is -0.0203. The van der Waals surface area contributed by atoms with Crippen LogP contribution in [-0.2, 0) is 11.3 Å². The van der Waals surface area contributed by atoms with Gasteiger partial charge in [-0.05, 0) is 30.7 Å². The third kappa shape index (κ3) is 5.33. The Labute approximate surface area is 135 Å². The minimum Gasteiger partial charge on any atom is -0.491 e. The van der Waals surface area contributed by atoms with Crippen LogP contribution in [0.3, 0.4) is 0 Å². The number of aromatic nitrogens is 1. The van der Waals surface area contributed by atoms with E-state index >= 15 is 0 Å². The van der Waals surface area contributed by atoms with Gasteiger partial charge in [-0.1, -0.05) is 18.2 Å². The molecule has 0 saturated heterocycles. The van der Waals surface area contributed by atoms with Crippen LogP contribution in [0.1, 0.15) is 11.3 Å². The summed E-state index contributed by atoms with van der Waals surface area (Å²) in [6.07, 6.45) is 1.73. The lowest BCUT2D eigenvalue weighted by atomic mass is 10.2. The molecule has 0 aliphatic carbocycles. The molecule has 5 heteroatoms. The smallest absolute Gasteiger partial charge is 0.119 e. The predicted molar refractivity (Wildman–Crippen MR) is 88.4 cm³/mol. The molecule has 0 aliphatic heterocycles. The largest absolute Gasteiger partial charge is 0.491 e. The van der Waals surface area contributed by atoms with E-state index in [1.165, 1.54) is 0 Å². The van der Waals surface area contributed by atoms with Crippen molar-refractivity contribution in [3.8, 4) is 5.75 Å². The van der Waals surface area contributed by atoms with Crippen molar-refractivity contribution < 1.29 is 14.6 Å². The molecule has 0 amide bonds. The van der Waals surface area contributed by atoms with E-state index in [9.17, 15) is 5.11 Å². The SMILES string of the molecule is Cc1c(SCCOCCOc2ccccc2)ccnc1CO. The first-order valence-corrected chi connectivity index (χ1v) is 8.23. The maximum atomic E-state index is 9.20. The molecular weight excluding hydrogens is 298 g/mol. The first-order chi connectivity index (χ1) is 10.8. The molecule has 2 aromatic rings. The van der Waals surface area contributed by atoms with Crippen molar-refractivity contribution in [1.82, 2.24) is 4.98 Å². The van der Waals surface area contributed by atoms with Crippen LogP contribution in [-0.4, -0.2) is 35.7 Å². The van der Waals surface area contributed by atoms with Crippen LogP contribution in [0, 0.1) is 6.92 Å². The van der Waals surface area contributed by atoms with Crippen molar-refractivity contribution in [3.63, 3.8) is 0 Å². The molecule has 0 atom stereocenters. The van der Waals surface area contributed by atoms with Crippen molar-refractivity contribution in [2.45, 2.75) is 18.4 Å². The third-order valence-electron chi connectivity index (χ3n) is 3.13. The van der Waals surface area contributed by atoms with Gasteiger partial charge in [-0.3, -0.25) is 4.98 Å². The van der Waals surface area contributed by atoms with Crippen LogP contribution < -0.4 is 4.74 Å². The van der Waals surface area contributed by atoms with Crippen molar-refractivity contribution in [2.75, 3.05) is 25.6 Å². The third-order valence-corrected chi connectivity index (χ3v) is 4.26. The summed E-state index contributed by atoms with van der Waals surface area (Å²) in [7, 11) is 0. The van der Waals surface area contributed by atoms with Crippen molar-refractivity contribution in [1.29, 1.82) is 0 Å². The van der Waals surface area contributed by atoms with Gasteiger partial charge in [-0.2, -0.15) is 0 Å². The average molecular weight is 319 g/mol. The first kappa shape index (κ1) is 16.8. The quantitative estimate of drug-likeness (QED) is 0.568. The molecule has 1 aromatic heterocycles. The molecule has 1 aromatic carbocycles. The maximum absolute atomic E-state index is 9.20. The lowest BCUT2D eigenvalue weighted by Crippen LogP contribution is -2.08. The maximum Gasteiger partial charge on any atom is 0.119 e. The highest BCUT2D eigenvalue weighted by Gasteiger charge is 2.04. The summed E-state index contributed by atoms with van der Waals surface area (Å²) in [6, 6.07) is 11.7. The molecule has 0 spiro atoms. The van der Waals surface area contributed by atoms with Crippen LogP contribution in [0.4, 0.5) is 0 Å². The second kappa shape index (κ2) is 9.46. The summed E-state index contributed by atoms with van der Waals surface area (Å²) in [5.41, 5.74) is 1.78. The Morgan fingerprint density at radius 1 is 1.09 bits per heavy atom. The number of para-hydroxylation sites is 1. The fourth-order valence-electron chi connectivity index (χ4n) is 1.92. The number of rotatable bonds is 9. The predicted octanol–water partition coefficient (Wildman–Crippen LogP) is 3.07. The number of benzene rings is 1. The van der Waals surface area contributed by atoms with Gasteiger partial charge in [0.25, 0.3) is 0 Å². The Morgan fingerprint density at radius 2 is 1.91 bits per heavy atom. The summed E-state index contributed by atoms with van der Waals surface area (Å²) in [4.78, 5) is 5.29. The van der Waals surface area contributed by atoms with Gasteiger partial charge in [-0.25, -0.2) is 0 Å². The zero-order chi connectivity index (χ0) is 15.6. The minimum absolute atomic E-state index is 0.0203. The first-order valence-electron chi connectivity index (χ1n) is 7.25. The number of hydrogen-bond acceptors (Lipinski definition) is 5. The molecule has 1 heterocycles. The molecule has 0 unspecified atom stereocenters. The van der Waals surface area contributed by atoms with Crippen LogP contribution >= 0.6 is 11.8 Å². The van der Waals surface area contributed by atoms with Crippen LogP contribution in [0.25, 0.3) is 0 Å². The van der Waals surface area contributed by atoms with Crippen molar-refractivity contribution >= 4 is 11.8 Å². The van der Waals surface area contributed by atoms with Gasteiger partial charge < -0.3 is 14.6 Å². The van der Waals surface area contributed by atoms with Gasteiger partial charge in [0.2, 0.25) is 0 Å². The van der Waals surface area contributed by atoms with Crippen molar-refractivity contribution in [2.24, 2.45) is 0 Å². The van der Waals surface area contributed by atoms with Crippen LogP contribution in [0.15, 0.2) is 47.5 Å². The molecule has 1 N–H and O–H groups in total. The lowest BCUT2D eigenvalue weighted by Gasteiger charge is -2.09. The molecule has 4 nitrogen and oxygen atoms in total. The van der Waals surface area contributed by atoms with Gasteiger partial charge >= 0.3 is 0 Å². The Hall–Kier alpha value is -1.56. The topological polar surface area (TPSA) is 51.6 Å².